The fourth-order valence-corrected chi connectivity index (χ4v) is 14.4. The van der Waals surface area contributed by atoms with Crippen LogP contribution in [0, 0.1) is 22.7 Å². The smallest absolute Gasteiger partial charge is 0.339 e. The highest BCUT2D eigenvalue weighted by molar-refractivity contribution is 5.89. The Hall–Kier alpha value is -2.57. The number of hydrogen-bond donors (Lipinski definition) is 5. The van der Waals surface area contributed by atoms with Crippen molar-refractivity contribution >= 4 is 11.8 Å². The number of Topliss-reactive ketones (excluding diaryl/α,β-unsaturated/α-hetero) is 1. The number of ether oxygens (including phenoxy) is 11. The van der Waals surface area contributed by atoms with Gasteiger partial charge in [-0.2, -0.15) is 0 Å². The second-order valence-electron chi connectivity index (χ2n) is 22.5. The van der Waals surface area contributed by atoms with Crippen LogP contribution in [-0.2, 0) is 56.9 Å². The molecule has 0 spiro atoms. The van der Waals surface area contributed by atoms with Crippen LogP contribution in [0.2, 0.25) is 0 Å². The molecule has 0 bridgehead atoms. The minimum absolute atomic E-state index is 0.0845. The van der Waals surface area contributed by atoms with Gasteiger partial charge in [-0.1, -0.05) is 25.5 Å². The Morgan fingerprint density at radius 1 is 0.722 bits per heavy atom. The van der Waals surface area contributed by atoms with Crippen LogP contribution in [0.4, 0.5) is 0 Å². The van der Waals surface area contributed by atoms with Crippen LogP contribution in [0.3, 0.4) is 0 Å². The molecule has 4 saturated heterocycles. The number of aliphatic hydroxyl groups excluding tert-OH is 3. The van der Waals surface area contributed by atoms with E-state index in [1.54, 1.807) is 46.2 Å². The van der Waals surface area contributed by atoms with E-state index in [1.165, 1.54) is 20.2 Å². The number of fused-ring (bicyclic) bond motifs is 5. The largest absolute Gasteiger partial charge is 0.458 e. The van der Waals surface area contributed by atoms with Crippen molar-refractivity contribution in [3.63, 3.8) is 0 Å². The molecule has 0 amide bonds. The maximum absolute atomic E-state index is 13.6. The van der Waals surface area contributed by atoms with Crippen molar-refractivity contribution in [1.29, 1.82) is 0 Å². The normalized spacial score (nSPS) is 49.4. The van der Waals surface area contributed by atoms with Gasteiger partial charge in [-0.15, -0.1) is 0 Å². The summed E-state index contributed by atoms with van der Waals surface area (Å²) in [5, 5.41) is 58.8. The molecule has 7 fully saturated rings. The second-order valence-corrected chi connectivity index (χ2v) is 22.5. The lowest BCUT2D eigenvalue weighted by Gasteiger charge is -2.66. The molecule has 4 aliphatic heterocycles. The van der Waals surface area contributed by atoms with E-state index in [-0.39, 0.29) is 49.6 Å². The minimum atomic E-state index is -1.70. The van der Waals surface area contributed by atoms with Gasteiger partial charge < -0.3 is 77.6 Å². The Balaban J connectivity index is 0.791. The number of ketones is 1. The van der Waals surface area contributed by atoms with Crippen LogP contribution in [0.25, 0.3) is 0 Å². The highest BCUT2D eigenvalue weighted by Gasteiger charge is 2.77. The summed E-state index contributed by atoms with van der Waals surface area (Å²) in [4.78, 5) is 30.9. The number of methoxy groups -OCH3 is 2. The zero-order chi connectivity index (χ0) is 51.7. The lowest BCUT2D eigenvalue weighted by Crippen LogP contribution is -2.75. The van der Waals surface area contributed by atoms with Gasteiger partial charge in [0, 0.05) is 69.5 Å². The molecule has 19 heteroatoms. The first-order chi connectivity index (χ1) is 34.1. The average Bonchev–Trinajstić information content (AvgIpc) is 3.64. The summed E-state index contributed by atoms with van der Waals surface area (Å²) in [6, 6.07) is 3.28. The molecule has 9 rings (SSSR count). The summed E-state index contributed by atoms with van der Waals surface area (Å²) in [5.41, 5.74) is -3.68. The maximum Gasteiger partial charge on any atom is 0.339 e. The Morgan fingerprint density at radius 2 is 1.29 bits per heavy atom. The van der Waals surface area contributed by atoms with Gasteiger partial charge in [0.1, 0.15) is 47.5 Å². The number of pyridine rings is 1. The summed E-state index contributed by atoms with van der Waals surface area (Å²) in [7, 11) is 3.14. The van der Waals surface area contributed by atoms with E-state index in [9.17, 15) is 35.1 Å². The SMILES string of the molecule is CO[C@H]1C[C@@H](O[C@H]2[C@H](C)O[C@@H](O[C@@H]3[C@H](C)O[C@@H](O[C@H]4[C@H](C)O[C@H](O[C@@H]5CC[C@@]6(C)C(=CC[C@@]7(O)[C@@H]6C[C@H](OC(=O)c6cccnc6)[C@]6(C)[C@H](C(C)=O)CC[C@]67O)C5)C[C@H]4OC)C[C@@H]3O)C[C@@H]2O)O[C@H](C)[C@@H]1O. The van der Waals surface area contributed by atoms with Gasteiger partial charge in [-0.25, -0.2) is 4.79 Å². The van der Waals surface area contributed by atoms with E-state index in [0.29, 0.717) is 38.5 Å². The molecule has 72 heavy (non-hydrogen) atoms. The molecular formula is C53H79NO18. The van der Waals surface area contributed by atoms with Crippen molar-refractivity contribution in [2.24, 2.45) is 22.7 Å². The molecule has 4 aliphatic carbocycles. The topological polar surface area (TPSA) is 250 Å². The van der Waals surface area contributed by atoms with Crippen LogP contribution in [0.1, 0.15) is 129 Å². The zero-order valence-electron chi connectivity index (χ0n) is 43.2. The third-order valence-corrected chi connectivity index (χ3v) is 18.5. The highest BCUT2D eigenvalue weighted by Crippen LogP contribution is 2.70. The maximum atomic E-state index is 13.6. The molecule has 0 radical (unpaired) electrons. The third-order valence-electron chi connectivity index (χ3n) is 18.5. The second kappa shape index (κ2) is 21.1. The van der Waals surface area contributed by atoms with Gasteiger partial charge >= 0.3 is 5.97 Å². The summed E-state index contributed by atoms with van der Waals surface area (Å²) in [6.45, 7) is 12.7. The monoisotopic (exact) mass is 1020 g/mol. The van der Waals surface area contributed by atoms with Crippen LogP contribution in [0.5, 0.6) is 0 Å². The molecule has 1 aromatic heterocycles. The van der Waals surface area contributed by atoms with E-state index in [2.05, 4.69) is 18.0 Å². The summed E-state index contributed by atoms with van der Waals surface area (Å²) in [5.74, 6) is -1.77. The van der Waals surface area contributed by atoms with Crippen molar-refractivity contribution in [3.05, 3.63) is 41.7 Å². The fraction of sp³-hybridized carbons (Fsp3) is 0.830. The van der Waals surface area contributed by atoms with E-state index in [4.69, 9.17) is 52.1 Å². The first-order valence-electron chi connectivity index (χ1n) is 26.2. The number of aromatic nitrogens is 1. The van der Waals surface area contributed by atoms with Crippen molar-refractivity contribution in [1.82, 2.24) is 4.98 Å². The number of carbonyl (C=O) groups is 2. The van der Waals surface area contributed by atoms with Crippen LogP contribution in [0.15, 0.2) is 36.2 Å². The molecule has 0 aromatic carbocycles. The number of hydrogen-bond acceptors (Lipinski definition) is 19. The van der Waals surface area contributed by atoms with E-state index in [1.807, 2.05) is 13.8 Å². The predicted molar refractivity (Wildman–Crippen MR) is 253 cm³/mol. The summed E-state index contributed by atoms with van der Waals surface area (Å²) in [6.07, 6.45) is -3.11. The van der Waals surface area contributed by atoms with E-state index < -0.39 is 144 Å². The average molecular weight is 1020 g/mol. The van der Waals surface area contributed by atoms with E-state index >= 15 is 0 Å². The minimum Gasteiger partial charge on any atom is -0.458 e. The standard InChI is InChI=1S/C53H79NO18/c1-26(55)34-14-17-53(61)51(34,7)40(69-49(59)31-11-10-18-54-25-31)24-39-50(6)15-13-33(19-32(50)12-16-52(39,53)60)68-43-23-38(63-9)48(30(5)67-43)72-42-21-36(57)46(28(3)66-42)70-41-20-35(56)47(29(4)65-41)71-44-22-37(62-8)45(58)27(2)64-44/h10-12,18,25,27-30,33-48,56-58,60-61H,13-17,19-24H2,1-9H3/t27-,28+,29+,30+,33-,34+,35+,36+,37+,38-,39-,40+,41+,42+,43-,44-,45+,46-,47+,48+,50+,51+,52-,53+/m1/s1. The van der Waals surface area contributed by atoms with Gasteiger partial charge in [0.2, 0.25) is 0 Å². The molecule has 5 heterocycles. The molecule has 19 nitrogen and oxygen atoms in total. The fourth-order valence-electron chi connectivity index (χ4n) is 14.4. The van der Waals surface area contributed by atoms with Crippen molar-refractivity contribution in [2.75, 3.05) is 14.2 Å². The molecule has 1 aromatic rings. The number of nitrogens with zero attached hydrogens (tertiary/aromatic N) is 1. The zero-order valence-corrected chi connectivity index (χ0v) is 43.2. The number of carbonyl (C=O) groups excluding carboxylic acids is 2. The Kier molecular flexibility index (Phi) is 15.9. The quantitative estimate of drug-likeness (QED) is 0.139. The van der Waals surface area contributed by atoms with Crippen LogP contribution in [-0.4, -0.2) is 178 Å². The first kappa shape index (κ1) is 54.2. The van der Waals surface area contributed by atoms with Gasteiger partial charge in [0.05, 0.1) is 60.5 Å². The van der Waals surface area contributed by atoms with Crippen molar-refractivity contribution in [3.8, 4) is 0 Å². The molecule has 404 valence electrons. The Morgan fingerprint density at radius 3 is 1.88 bits per heavy atom. The summed E-state index contributed by atoms with van der Waals surface area (Å²) >= 11 is 0. The highest BCUT2D eigenvalue weighted by atomic mass is 16.8. The lowest BCUT2D eigenvalue weighted by atomic mass is 9.43. The third kappa shape index (κ3) is 9.67. The summed E-state index contributed by atoms with van der Waals surface area (Å²) < 4.78 is 68.1. The van der Waals surface area contributed by atoms with E-state index in [0.717, 1.165) is 5.57 Å². The number of rotatable bonds is 13. The van der Waals surface area contributed by atoms with Crippen molar-refractivity contribution in [2.45, 2.75) is 241 Å². The molecule has 5 N–H and O–H groups in total. The van der Waals surface area contributed by atoms with Gasteiger partial charge in [-0.05, 0) is 97.1 Å². The molecular weight excluding hydrogens is 939 g/mol. The number of esters is 1. The molecule has 3 saturated carbocycles. The van der Waals surface area contributed by atoms with Gasteiger partial charge in [-0.3, -0.25) is 9.78 Å². The number of aliphatic hydroxyl groups is 5. The predicted octanol–water partition coefficient (Wildman–Crippen LogP) is 3.81. The molecule has 0 unspecified atom stereocenters. The van der Waals surface area contributed by atoms with Crippen LogP contribution < -0.4 is 0 Å². The molecule has 24 atom stereocenters. The lowest BCUT2D eigenvalue weighted by molar-refractivity contribution is -0.345. The molecule has 8 aliphatic rings. The Bertz CT molecular complexity index is 2080. The van der Waals surface area contributed by atoms with Gasteiger partial charge in [0.25, 0.3) is 0 Å². The Labute approximate surface area is 422 Å². The van der Waals surface area contributed by atoms with Crippen LogP contribution >= 0.6 is 0 Å². The van der Waals surface area contributed by atoms with Gasteiger partial charge in [0.15, 0.2) is 25.2 Å². The first-order valence-corrected chi connectivity index (χ1v) is 26.2. The van der Waals surface area contributed by atoms with Crippen molar-refractivity contribution < 1.29 is 87.2 Å².